The van der Waals surface area contributed by atoms with E-state index >= 15 is 0 Å². The van der Waals surface area contributed by atoms with Crippen molar-refractivity contribution in [2.24, 2.45) is 0 Å². The van der Waals surface area contributed by atoms with Gasteiger partial charge in [-0.25, -0.2) is 0 Å². The van der Waals surface area contributed by atoms with E-state index in [0.717, 1.165) is 28.7 Å². The molecule has 0 saturated heterocycles. The van der Waals surface area contributed by atoms with Gasteiger partial charge in [-0.3, -0.25) is 9.59 Å². The summed E-state index contributed by atoms with van der Waals surface area (Å²) in [6.45, 7) is 12.0. The minimum Gasteiger partial charge on any atom is -0.483 e. The zero-order chi connectivity index (χ0) is 22.3. The molecule has 0 bridgehead atoms. The second-order valence-electron chi connectivity index (χ2n) is 7.99. The van der Waals surface area contributed by atoms with Gasteiger partial charge in [0.25, 0.3) is 5.91 Å². The topological polar surface area (TPSA) is 58.6 Å². The molecule has 0 fully saturated rings. The molecule has 0 saturated carbocycles. The second-order valence-corrected chi connectivity index (χ2v) is 7.99. The first kappa shape index (κ1) is 23.5. The molecule has 1 N–H and O–H groups in total. The van der Waals surface area contributed by atoms with Gasteiger partial charge < -0.3 is 15.0 Å². The van der Waals surface area contributed by atoms with Crippen molar-refractivity contribution >= 4 is 11.8 Å². The van der Waals surface area contributed by atoms with E-state index < -0.39 is 6.04 Å². The molecule has 0 aliphatic rings. The predicted molar refractivity (Wildman–Crippen MR) is 120 cm³/mol. The van der Waals surface area contributed by atoms with Gasteiger partial charge in [0.15, 0.2) is 6.61 Å². The Morgan fingerprint density at radius 2 is 1.73 bits per heavy atom. The second kappa shape index (κ2) is 10.8. The lowest BCUT2D eigenvalue weighted by atomic mass is 10.1. The van der Waals surface area contributed by atoms with Gasteiger partial charge in [0.2, 0.25) is 5.91 Å². The van der Waals surface area contributed by atoms with E-state index in [1.807, 2.05) is 71.0 Å². The molecule has 2 atom stereocenters. The lowest BCUT2D eigenvalue weighted by Gasteiger charge is -2.29. The van der Waals surface area contributed by atoms with Gasteiger partial charge in [-0.15, -0.1) is 0 Å². The number of rotatable bonds is 9. The first-order valence-corrected chi connectivity index (χ1v) is 10.6. The summed E-state index contributed by atoms with van der Waals surface area (Å²) in [6, 6.07) is 13.2. The lowest BCUT2D eigenvalue weighted by molar-refractivity contribution is -0.142. The molecule has 5 nitrogen and oxygen atoms in total. The number of nitrogens with one attached hydrogen (secondary N) is 1. The van der Waals surface area contributed by atoms with E-state index in [2.05, 4.69) is 11.4 Å². The highest BCUT2D eigenvalue weighted by molar-refractivity contribution is 5.88. The Hall–Kier alpha value is -2.82. The van der Waals surface area contributed by atoms with Gasteiger partial charge in [0.1, 0.15) is 11.8 Å². The van der Waals surface area contributed by atoms with Crippen molar-refractivity contribution in [3.63, 3.8) is 0 Å². The molecule has 0 spiro atoms. The summed E-state index contributed by atoms with van der Waals surface area (Å²) in [5.74, 6) is 0.331. The molecule has 30 heavy (non-hydrogen) atoms. The zero-order valence-electron chi connectivity index (χ0n) is 19.0. The standard InChI is InChI=1S/C25H34N2O3/c1-7-19(4)26-25(29)21(6)27(15-22-11-9-8-10-12-22)24(28)16-30-23-14-17(2)13-18(3)20(23)5/h8-14,19,21H,7,15-16H2,1-6H3,(H,26,29)/t19-,21+/m1/s1. The molecule has 2 rings (SSSR count). The normalized spacial score (nSPS) is 12.7. The van der Waals surface area contributed by atoms with Crippen molar-refractivity contribution in [3.05, 3.63) is 64.7 Å². The lowest BCUT2D eigenvalue weighted by Crippen LogP contribution is -2.50. The summed E-state index contributed by atoms with van der Waals surface area (Å²) in [5.41, 5.74) is 4.20. The monoisotopic (exact) mass is 410 g/mol. The van der Waals surface area contributed by atoms with E-state index in [0.29, 0.717) is 12.3 Å². The minimum atomic E-state index is -0.601. The molecular weight excluding hydrogens is 376 g/mol. The molecule has 162 valence electrons. The summed E-state index contributed by atoms with van der Waals surface area (Å²) in [5, 5.41) is 2.97. The van der Waals surface area contributed by atoms with E-state index in [1.165, 1.54) is 0 Å². The average Bonchev–Trinajstić information content (AvgIpc) is 2.73. The number of benzene rings is 2. The van der Waals surface area contributed by atoms with Crippen LogP contribution in [0.1, 0.15) is 49.4 Å². The number of nitrogens with zero attached hydrogens (tertiary/aromatic N) is 1. The number of amides is 2. The fourth-order valence-corrected chi connectivity index (χ4v) is 3.20. The van der Waals surface area contributed by atoms with Crippen molar-refractivity contribution in [3.8, 4) is 5.75 Å². The molecule has 0 unspecified atom stereocenters. The highest BCUT2D eigenvalue weighted by Gasteiger charge is 2.27. The Labute approximate surface area is 180 Å². The third-order valence-corrected chi connectivity index (χ3v) is 5.48. The Bertz CT molecular complexity index is 864. The summed E-state index contributed by atoms with van der Waals surface area (Å²) < 4.78 is 5.89. The highest BCUT2D eigenvalue weighted by atomic mass is 16.5. The van der Waals surface area contributed by atoms with Gasteiger partial charge in [-0.05, 0) is 69.4 Å². The molecule has 2 aromatic rings. The minimum absolute atomic E-state index is 0.0581. The summed E-state index contributed by atoms with van der Waals surface area (Å²) in [7, 11) is 0. The quantitative estimate of drug-likeness (QED) is 0.670. The van der Waals surface area contributed by atoms with Crippen molar-refractivity contribution < 1.29 is 14.3 Å². The number of ether oxygens (including phenoxy) is 1. The molecule has 5 heteroatoms. The van der Waals surface area contributed by atoms with E-state index in [4.69, 9.17) is 4.74 Å². The molecule has 2 amide bonds. The van der Waals surface area contributed by atoms with Crippen LogP contribution in [-0.4, -0.2) is 35.4 Å². The van der Waals surface area contributed by atoms with Crippen LogP contribution in [0.5, 0.6) is 5.75 Å². The van der Waals surface area contributed by atoms with Crippen LogP contribution in [0.4, 0.5) is 0 Å². The Kier molecular flexibility index (Phi) is 8.46. The maximum Gasteiger partial charge on any atom is 0.261 e. The van der Waals surface area contributed by atoms with Crippen LogP contribution in [0.25, 0.3) is 0 Å². The van der Waals surface area contributed by atoms with Crippen LogP contribution in [0, 0.1) is 20.8 Å². The van der Waals surface area contributed by atoms with Gasteiger partial charge in [-0.1, -0.05) is 43.3 Å². The predicted octanol–water partition coefficient (Wildman–Crippen LogP) is 4.32. The Morgan fingerprint density at radius 3 is 2.37 bits per heavy atom. The van der Waals surface area contributed by atoms with E-state index in [9.17, 15) is 9.59 Å². The van der Waals surface area contributed by atoms with E-state index in [-0.39, 0.29) is 24.5 Å². The van der Waals surface area contributed by atoms with Gasteiger partial charge in [0, 0.05) is 12.6 Å². The fourth-order valence-electron chi connectivity index (χ4n) is 3.20. The van der Waals surface area contributed by atoms with Crippen LogP contribution in [0.15, 0.2) is 42.5 Å². The molecule has 0 aliphatic carbocycles. The largest absolute Gasteiger partial charge is 0.483 e. The van der Waals surface area contributed by atoms with Crippen LogP contribution in [0.2, 0.25) is 0 Å². The first-order valence-electron chi connectivity index (χ1n) is 10.6. The third-order valence-electron chi connectivity index (χ3n) is 5.48. The van der Waals surface area contributed by atoms with Crippen LogP contribution >= 0.6 is 0 Å². The average molecular weight is 411 g/mol. The van der Waals surface area contributed by atoms with Crippen molar-refractivity contribution in [1.29, 1.82) is 0 Å². The number of aryl methyl sites for hydroxylation is 2. The van der Waals surface area contributed by atoms with Crippen LogP contribution in [-0.2, 0) is 16.1 Å². The van der Waals surface area contributed by atoms with Crippen LogP contribution < -0.4 is 10.1 Å². The maximum atomic E-state index is 13.1. The molecule has 0 aliphatic heterocycles. The van der Waals surface area contributed by atoms with Gasteiger partial charge in [-0.2, -0.15) is 0 Å². The van der Waals surface area contributed by atoms with E-state index in [1.54, 1.807) is 11.8 Å². The van der Waals surface area contributed by atoms with Crippen molar-refractivity contribution in [2.75, 3.05) is 6.61 Å². The highest BCUT2D eigenvalue weighted by Crippen LogP contribution is 2.23. The Balaban J connectivity index is 2.18. The Morgan fingerprint density at radius 1 is 1.07 bits per heavy atom. The van der Waals surface area contributed by atoms with Gasteiger partial charge in [0.05, 0.1) is 0 Å². The summed E-state index contributed by atoms with van der Waals surface area (Å²) >= 11 is 0. The fraction of sp³-hybridized carbons (Fsp3) is 0.440. The summed E-state index contributed by atoms with van der Waals surface area (Å²) in [6.07, 6.45) is 0.834. The van der Waals surface area contributed by atoms with Crippen LogP contribution in [0.3, 0.4) is 0 Å². The SMILES string of the molecule is CC[C@@H](C)NC(=O)[C@H](C)N(Cc1ccccc1)C(=O)COc1cc(C)cc(C)c1C. The van der Waals surface area contributed by atoms with Crippen molar-refractivity contribution in [1.82, 2.24) is 10.2 Å². The molecule has 0 radical (unpaired) electrons. The third kappa shape index (κ3) is 6.34. The molecule has 0 heterocycles. The number of hydrogen-bond acceptors (Lipinski definition) is 3. The molecule has 2 aromatic carbocycles. The maximum absolute atomic E-state index is 13.1. The van der Waals surface area contributed by atoms with Crippen molar-refractivity contribution in [2.45, 2.75) is 66.6 Å². The zero-order valence-corrected chi connectivity index (χ0v) is 19.0. The molecular formula is C25H34N2O3. The number of carbonyl (C=O) groups is 2. The van der Waals surface area contributed by atoms with Gasteiger partial charge >= 0.3 is 0 Å². The summed E-state index contributed by atoms with van der Waals surface area (Å²) in [4.78, 5) is 27.4. The smallest absolute Gasteiger partial charge is 0.261 e. The number of hydrogen-bond donors (Lipinski definition) is 1. The molecule has 0 aromatic heterocycles. The first-order chi connectivity index (χ1) is 14.2. The number of carbonyl (C=O) groups excluding carboxylic acids is 2.